The molecule has 140 valence electrons. The van der Waals surface area contributed by atoms with Crippen molar-refractivity contribution in [3.63, 3.8) is 0 Å². The normalized spacial score (nSPS) is 14.3. The van der Waals surface area contributed by atoms with E-state index in [-0.39, 0.29) is 24.8 Å². The van der Waals surface area contributed by atoms with Gasteiger partial charge in [-0.1, -0.05) is 41.4 Å². The lowest BCUT2D eigenvalue weighted by atomic mass is 10.0. The van der Waals surface area contributed by atoms with Crippen molar-refractivity contribution in [2.24, 2.45) is 0 Å². The van der Waals surface area contributed by atoms with Crippen molar-refractivity contribution in [2.75, 3.05) is 25.6 Å². The Bertz CT molecular complexity index is 923. The summed E-state index contributed by atoms with van der Waals surface area (Å²) >= 11 is 12.1. The Kier molecular flexibility index (Phi) is 5.85. The molecule has 27 heavy (non-hydrogen) atoms. The van der Waals surface area contributed by atoms with E-state index in [0.29, 0.717) is 26.9 Å². The molecule has 0 aromatic heterocycles. The number of benzene rings is 2. The summed E-state index contributed by atoms with van der Waals surface area (Å²) in [4.78, 5) is 27.0. The third-order valence-electron chi connectivity index (χ3n) is 4.26. The fourth-order valence-electron chi connectivity index (χ4n) is 2.78. The van der Waals surface area contributed by atoms with E-state index in [1.807, 2.05) is 19.1 Å². The molecular formula is C20H18Cl2N2O3. The van der Waals surface area contributed by atoms with E-state index < -0.39 is 5.91 Å². The second kappa shape index (κ2) is 8.13. The van der Waals surface area contributed by atoms with Crippen molar-refractivity contribution in [3.8, 4) is 0 Å². The van der Waals surface area contributed by atoms with Crippen molar-refractivity contribution in [3.05, 3.63) is 69.3 Å². The van der Waals surface area contributed by atoms with Gasteiger partial charge in [-0.3, -0.25) is 14.5 Å². The maximum atomic E-state index is 12.9. The number of nitrogens with zero attached hydrogens (tertiary/aromatic N) is 1. The molecule has 2 aromatic rings. The first-order chi connectivity index (χ1) is 12.9. The third kappa shape index (κ3) is 4.00. The average Bonchev–Trinajstić information content (AvgIpc) is 2.87. The van der Waals surface area contributed by atoms with Crippen molar-refractivity contribution < 1.29 is 14.3 Å². The number of aryl methyl sites for hydroxylation is 1. The molecule has 0 bridgehead atoms. The lowest BCUT2D eigenvalue weighted by molar-refractivity contribution is -0.137. The van der Waals surface area contributed by atoms with Crippen LogP contribution in [0.5, 0.6) is 0 Å². The number of carbonyl (C=O) groups is 2. The number of carbonyl (C=O) groups excluding carboxylic acids is 2. The molecule has 3 rings (SSSR count). The van der Waals surface area contributed by atoms with Gasteiger partial charge in [0.1, 0.15) is 5.70 Å². The number of rotatable bonds is 6. The van der Waals surface area contributed by atoms with Gasteiger partial charge in [-0.25, -0.2) is 0 Å². The molecule has 0 radical (unpaired) electrons. The van der Waals surface area contributed by atoms with Crippen LogP contribution in [0.3, 0.4) is 0 Å². The summed E-state index contributed by atoms with van der Waals surface area (Å²) in [6, 6.07) is 12.2. The molecule has 2 amide bonds. The van der Waals surface area contributed by atoms with E-state index in [2.05, 4.69) is 5.32 Å². The zero-order valence-corrected chi connectivity index (χ0v) is 16.4. The van der Waals surface area contributed by atoms with Crippen molar-refractivity contribution >= 4 is 46.3 Å². The van der Waals surface area contributed by atoms with Crippen molar-refractivity contribution in [1.82, 2.24) is 4.90 Å². The van der Waals surface area contributed by atoms with E-state index in [1.54, 1.807) is 30.3 Å². The van der Waals surface area contributed by atoms with Gasteiger partial charge in [0.15, 0.2) is 0 Å². The number of amides is 2. The highest BCUT2D eigenvalue weighted by atomic mass is 35.5. The van der Waals surface area contributed by atoms with Gasteiger partial charge in [0.2, 0.25) is 0 Å². The van der Waals surface area contributed by atoms with Crippen molar-refractivity contribution in [1.29, 1.82) is 0 Å². The molecule has 0 saturated heterocycles. The molecule has 2 aromatic carbocycles. The van der Waals surface area contributed by atoms with Crippen LogP contribution in [0.1, 0.15) is 11.1 Å². The van der Waals surface area contributed by atoms with E-state index in [4.69, 9.17) is 27.9 Å². The smallest absolute Gasteiger partial charge is 0.278 e. The Morgan fingerprint density at radius 2 is 1.74 bits per heavy atom. The fourth-order valence-corrected chi connectivity index (χ4v) is 3.08. The summed E-state index contributed by atoms with van der Waals surface area (Å²) < 4.78 is 5.02. The van der Waals surface area contributed by atoms with Crippen LogP contribution in [-0.2, 0) is 14.3 Å². The second-order valence-corrected chi connectivity index (χ2v) is 6.94. The van der Waals surface area contributed by atoms with Crippen LogP contribution in [0.2, 0.25) is 10.0 Å². The van der Waals surface area contributed by atoms with Gasteiger partial charge in [-0.05, 0) is 42.3 Å². The zero-order chi connectivity index (χ0) is 19.6. The zero-order valence-electron chi connectivity index (χ0n) is 14.9. The minimum absolute atomic E-state index is 0.172. The number of methoxy groups -OCH3 is 1. The standard InChI is InChI=1S/C20H18Cl2N2O3/c1-12-3-8-15(11-16(12)22)23-18-17(13-4-6-14(21)7-5-13)19(25)24(20(18)26)9-10-27-2/h3-8,11,23H,9-10H2,1-2H3. The Balaban J connectivity index is 2.04. The van der Waals surface area contributed by atoms with Gasteiger partial charge >= 0.3 is 0 Å². The molecule has 1 heterocycles. The molecule has 0 unspecified atom stereocenters. The van der Waals surface area contributed by atoms with Gasteiger partial charge in [0.25, 0.3) is 11.8 Å². The lowest BCUT2D eigenvalue weighted by Crippen LogP contribution is -2.35. The number of hydrogen-bond acceptors (Lipinski definition) is 4. The molecular weight excluding hydrogens is 387 g/mol. The molecule has 0 atom stereocenters. The highest BCUT2D eigenvalue weighted by Crippen LogP contribution is 2.31. The van der Waals surface area contributed by atoms with Crippen LogP contribution in [0.4, 0.5) is 5.69 Å². The quantitative estimate of drug-likeness (QED) is 0.734. The number of imide groups is 1. The molecule has 0 saturated carbocycles. The first-order valence-corrected chi connectivity index (χ1v) is 9.06. The topological polar surface area (TPSA) is 58.6 Å². The molecule has 0 fully saturated rings. The van der Waals surface area contributed by atoms with Gasteiger partial charge in [-0.15, -0.1) is 0 Å². The SMILES string of the molecule is COCCN1C(=O)C(Nc2ccc(C)c(Cl)c2)=C(c2ccc(Cl)cc2)C1=O. The summed E-state index contributed by atoms with van der Waals surface area (Å²) in [6.45, 7) is 2.32. The summed E-state index contributed by atoms with van der Waals surface area (Å²) in [5.74, 6) is -0.779. The van der Waals surface area contributed by atoms with Gasteiger partial charge < -0.3 is 10.1 Å². The van der Waals surface area contributed by atoms with Crippen LogP contribution in [0.25, 0.3) is 5.57 Å². The first-order valence-electron chi connectivity index (χ1n) is 8.31. The summed E-state index contributed by atoms with van der Waals surface area (Å²) in [5.41, 5.74) is 2.66. The number of ether oxygens (including phenoxy) is 1. The largest absolute Gasteiger partial charge is 0.383 e. The van der Waals surface area contributed by atoms with E-state index in [9.17, 15) is 9.59 Å². The van der Waals surface area contributed by atoms with Crippen molar-refractivity contribution in [2.45, 2.75) is 6.92 Å². The number of anilines is 1. The summed E-state index contributed by atoms with van der Waals surface area (Å²) in [6.07, 6.45) is 0. The van der Waals surface area contributed by atoms with E-state index >= 15 is 0 Å². The highest BCUT2D eigenvalue weighted by Gasteiger charge is 2.38. The summed E-state index contributed by atoms with van der Waals surface area (Å²) in [7, 11) is 1.52. The molecule has 1 aliphatic rings. The minimum Gasteiger partial charge on any atom is -0.383 e. The molecule has 1 aliphatic heterocycles. The minimum atomic E-state index is -0.404. The number of halogens is 2. The van der Waals surface area contributed by atoms with Gasteiger partial charge in [0, 0.05) is 22.8 Å². The predicted octanol–water partition coefficient (Wildman–Crippen LogP) is 4.14. The van der Waals surface area contributed by atoms with Gasteiger partial charge in [0.05, 0.1) is 18.7 Å². The van der Waals surface area contributed by atoms with E-state index in [0.717, 1.165) is 5.56 Å². The Morgan fingerprint density at radius 1 is 1.04 bits per heavy atom. The predicted molar refractivity (Wildman–Crippen MR) is 107 cm³/mol. The average molecular weight is 405 g/mol. The Hall–Kier alpha value is -2.34. The van der Waals surface area contributed by atoms with Crippen LogP contribution < -0.4 is 5.32 Å². The summed E-state index contributed by atoms with van der Waals surface area (Å²) in [5, 5.41) is 4.19. The third-order valence-corrected chi connectivity index (χ3v) is 4.92. The van der Waals surface area contributed by atoms with Gasteiger partial charge in [-0.2, -0.15) is 0 Å². The molecule has 5 nitrogen and oxygen atoms in total. The maximum Gasteiger partial charge on any atom is 0.278 e. The second-order valence-electron chi connectivity index (χ2n) is 6.10. The van der Waals surface area contributed by atoms with Crippen LogP contribution in [0.15, 0.2) is 48.2 Å². The molecule has 7 heteroatoms. The van der Waals surface area contributed by atoms with Crippen LogP contribution in [0, 0.1) is 6.92 Å². The first kappa shape index (κ1) is 19.4. The lowest BCUT2D eigenvalue weighted by Gasteiger charge is -2.14. The molecule has 1 N–H and O–H groups in total. The number of nitrogens with one attached hydrogen (secondary N) is 1. The Morgan fingerprint density at radius 3 is 2.37 bits per heavy atom. The monoisotopic (exact) mass is 404 g/mol. The Labute approximate surface area is 167 Å². The highest BCUT2D eigenvalue weighted by molar-refractivity contribution is 6.37. The molecule has 0 spiro atoms. The number of hydrogen-bond donors (Lipinski definition) is 1. The fraction of sp³-hybridized carbons (Fsp3) is 0.200. The van der Waals surface area contributed by atoms with Crippen LogP contribution in [-0.4, -0.2) is 37.0 Å². The van der Waals surface area contributed by atoms with Crippen LogP contribution >= 0.6 is 23.2 Å². The maximum absolute atomic E-state index is 12.9. The molecule has 0 aliphatic carbocycles. The van der Waals surface area contributed by atoms with E-state index in [1.165, 1.54) is 12.0 Å².